The average Bonchev–Trinajstić information content (AvgIpc) is 2.26. The van der Waals surface area contributed by atoms with Crippen molar-refractivity contribution in [2.75, 3.05) is 25.6 Å². The molecule has 2 N–H and O–H groups in total. The maximum atomic E-state index is 11.3. The molecule has 16 heavy (non-hydrogen) atoms. The van der Waals surface area contributed by atoms with Crippen molar-refractivity contribution in [2.45, 2.75) is 17.9 Å². The van der Waals surface area contributed by atoms with Crippen LogP contribution in [0, 0.1) is 0 Å². The molecule has 0 aromatic carbocycles. The Balaban J connectivity index is 2.26. The van der Waals surface area contributed by atoms with Gasteiger partial charge in [0.1, 0.15) is 5.03 Å². The Morgan fingerprint density at radius 3 is 2.75 bits per heavy atom. The van der Waals surface area contributed by atoms with E-state index in [1.165, 1.54) is 11.8 Å². The summed E-state index contributed by atoms with van der Waals surface area (Å²) in [7, 11) is 3.52. The lowest BCUT2D eigenvalue weighted by atomic mass is 10.3. The average molecular weight is 240 g/mol. The number of carbonyl (C=O) groups is 1. The Kier molecular flexibility index (Phi) is 5.04. The molecule has 0 aliphatic heterocycles. The monoisotopic (exact) mass is 240 g/mol. The van der Waals surface area contributed by atoms with Crippen molar-refractivity contribution in [2.24, 2.45) is 0 Å². The number of aromatic nitrogens is 2. The number of hydrogen-bond acceptors (Lipinski definition) is 5. The van der Waals surface area contributed by atoms with E-state index in [0.717, 1.165) is 17.2 Å². The molecule has 1 aromatic heterocycles. The maximum Gasteiger partial charge on any atom is 0.222 e. The molecule has 0 fully saturated rings. The summed E-state index contributed by atoms with van der Waals surface area (Å²) >= 11 is 1.53. The molecule has 0 radical (unpaired) electrons. The second kappa shape index (κ2) is 6.32. The zero-order valence-corrected chi connectivity index (χ0v) is 10.3. The van der Waals surface area contributed by atoms with Crippen LogP contribution in [0.3, 0.4) is 0 Å². The van der Waals surface area contributed by atoms with Crippen LogP contribution in [-0.2, 0) is 4.79 Å². The van der Waals surface area contributed by atoms with Crippen LogP contribution < -0.4 is 5.73 Å². The van der Waals surface area contributed by atoms with E-state index in [-0.39, 0.29) is 5.91 Å². The van der Waals surface area contributed by atoms with Gasteiger partial charge in [-0.15, -0.1) is 11.8 Å². The second-order valence-corrected chi connectivity index (χ2v) is 4.57. The van der Waals surface area contributed by atoms with Gasteiger partial charge in [-0.3, -0.25) is 4.79 Å². The molecule has 1 amide bonds. The third-order valence-corrected chi connectivity index (χ3v) is 3.04. The molecule has 0 atom stereocenters. The first-order valence-electron chi connectivity index (χ1n) is 5.00. The van der Waals surface area contributed by atoms with Gasteiger partial charge >= 0.3 is 0 Å². The third kappa shape index (κ3) is 4.06. The van der Waals surface area contributed by atoms with E-state index in [1.54, 1.807) is 31.4 Å². The first kappa shape index (κ1) is 12.8. The van der Waals surface area contributed by atoms with Crippen LogP contribution in [0.4, 0.5) is 5.82 Å². The zero-order chi connectivity index (χ0) is 12.0. The van der Waals surface area contributed by atoms with Gasteiger partial charge in [-0.05, 0) is 6.42 Å². The minimum atomic E-state index is 0.146. The van der Waals surface area contributed by atoms with Crippen LogP contribution in [-0.4, -0.2) is 40.6 Å². The smallest absolute Gasteiger partial charge is 0.222 e. The van der Waals surface area contributed by atoms with Crippen molar-refractivity contribution in [1.29, 1.82) is 0 Å². The predicted octanol–water partition coefficient (Wildman–Crippen LogP) is 1.02. The van der Waals surface area contributed by atoms with Crippen LogP contribution in [0.2, 0.25) is 0 Å². The fourth-order valence-corrected chi connectivity index (χ4v) is 1.88. The number of amides is 1. The quantitative estimate of drug-likeness (QED) is 0.614. The minimum absolute atomic E-state index is 0.146. The van der Waals surface area contributed by atoms with Crippen LogP contribution in [0.25, 0.3) is 0 Å². The minimum Gasteiger partial charge on any atom is -0.381 e. The Labute approximate surface area is 99.4 Å². The normalized spacial score (nSPS) is 10.1. The van der Waals surface area contributed by atoms with E-state index >= 15 is 0 Å². The number of rotatable bonds is 5. The lowest BCUT2D eigenvalue weighted by Crippen LogP contribution is -2.21. The van der Waals surface area contributed by atoms with Gasteiger partial charge in [0.15, 0.2) is 5.82 Å². The summed E-state index contributed by atoms with van der Waals surface area (Å²) in [4.78, 5) is 20.9. The lowest BCUT2D eigenvalue weighted by Gasteiger charge is -2.09. The van der Waals surface area contributed by atoms with Gasteiger partial charge in [-0.1, -0.05) is 0 Å². The van der Waals surface area contributed by atoms with Gasteiger partial charge < -0.3 is 10.6 Å². The van der Waals surface area contributed by atoms with Gasteiger partial charge in [0.2, 0.25) is 5.91 Å². The van der Waals surface area contributed by atoms with Crippen molar-refractivity contribution in [3.8, 4) is 0 Å². The van der Waals surface area contributed by atoms with Gasteiger partial charge in [-0.2, -0.15) is 0 Å². The Morgan fingerprint density at radius 1 is 1.44 bits per heavy atom. The number of nitrogens with two attached hydrogens (primary N) is 1. The summed E-state index contributed by atoms with van der Waals surface area (Å²) in [6.45, 7) is 0. The standard InChI is InChI=1S/C10H16N4OS/c1-14(2)8(15)4-3-7-16-10-9(11)12-5-6-13-10/h5-6H,3-4,7H2,1-2H3,(H2,11,12). The highest BCUT2D eigenvalue weighted by molar-refractivity contribution is 7.99. The summed E-state index contributed by atoms with van der Waals surface area (Å²) in [5, 5.41) is 0.736. The Hall–Kier alpha value is -1.30. The van der Waals surface area contributed by atoms with Crippen LogP contribution in [0.1, 0.15) is 12.8 Å². The summed E-state index contributed by atoms with van der Waals surface area (Å²) in [5.41, 5.74) is 5.64. The van der Waals surface area contributed by atoms with Gasteiger partial charge in [0.25, 0.3) is 0 Å². The summed E-state index contributed by atoms with van der Waals surface area (Å²) in [6, 6.07) is 0. The molecule has 0 unspecified atom stereocenters. The summed E-state index contributed by atoms with van der Waals surface area (Å²) in [6.07, 6.45) is 4.55. The molecule has 88 valence electrons. The van der Waals surface area contributed by atoms with E-state index in [0.29, 0.717) is 12.2 Å². The first-order valence-corrected chi connectivity index (χ1v) is 5.99. The molecular weight excluding hydrogens is 224 g/mol. The Morgan fingerprint density at radius 2 is 2.12 bits per heavy atom. The van der Waals surface area contributed by atoms with Gasteiger partial charge in [0.05, 0.1) is 0 Å². The molecule has 0 aliphatic rings. The predicted molar refractivity (Wildman–Crippen MR) is 65.1 cm³/mol. The largest absolute Gasteiger partial charge is 0.381 e. The highest BCUT2D eigenvalue weighted by Crippen LogP contribution is 2.20. The van der Waals surface area contributed by atoms with Crippen molar-refractivity contribution >= 4 is 23.5 Å². The molecule has 0 saturated heterocycles. The molecule has 5 nitrogen and oxygen atoms in total. The molecule has 0 spiro atoms. The van der Waals surface area contributed by atoms with Crippen molar-refractivity contribution in [1.82, 2.24) is 14.9 Å². The van der Waals surface area contributed by atoms with E-state index in [9.17, 15) is 4.79 Å². The molecule has 1 heterocycles. The van der Waals surface area contributed by atoms with E-state index in [1.807, 2.05) is 0 Å². The molecular formula is C10H16N4OS. The van der Waals surface area contributed by atoms with Crippen molar-refractivity contribution in [3.63, 3.8) is 0 Å². The zero-order valence-electron chi connectivity index (χ0n) is 9.51. The maximum absolute atomic E-state index is 11.3. The SMILES string of the molecule is CN(C)C(=O)CCCSc1nccnc1N. The van der Waals surface area contributed by atoms with E-state index in [4.69, 9.17) is 5.73 Å². The fraction of sp³-hybridized carbons (Fsp3) is 0.500. The number of nitrogen functional groups attached to an aromatic ring is 1. The van der Waals surface area contributed by atoms with E-state index < -0.39 is 0 Å². The van der Waals surface area contributed by atoms with Crippen LogP contribution in [0.15, 0.2) is 17.4 Å². The first-order chi connectivity index (χ1) is 7.61. The van der Waals surface area contributed by atoms with Crippen LogP contribution >= 0.6 is 11.8 Å². The highest BCUT2D eigenvalue weighted by atomic mass is 32.2. The van der Waals surface area contributed by atoms with Gasteiger partial charge in [-0.25, -0.2) is 9.97 Å². The Bertz CT molecular complexity index is 356. The van der Waals surface area contributed by atoms with Crippen LogP contribution in [0.5, 0.6) is 0 Å². The summed E-state index contributed by atoms with van der Waals surface area (Å²) < 4.78 is 0. The third-order valence-electron chi connectivity index (χ3n) is 1.96. The number of nitrogens with zero attached hydrogens (tertiary/aromatic N) is 3. The fourth-order valence-electron chi connectivity index (χ4n) is 1.06. The molecule has 6 heteroatoms. The molecule has 0 bridgehead atoms. The van der Waals surface area contributed by atoms with E-state index in [2.05, 4.69) is 9.97 Å². The number of anilines is 1. The highest BCUT2D eigenvalue weighted by Gasteiger charge is 2.05. The second-order valence-electron chi connectivity index (χ2n) is 3.49. The number of hydrogen-bond donors (Lipinski definition) is 1. The van der Waals surface area contributed by atoms with Crippen molar-refractivity contribution in [3.05, 3.63) is 12.4 Å². The van der Waals surface area contributed by atoms with Gasteiger partial charge in [0, 0.05) is 38.7 Å². The molecule has 1 aromatic rings. The molecule has 0 aliphatic carbocycles. The topological polar surface area (TPSA) is 72.1 Å². The van der Waals surface area contributed by atoms with Crippen molar-refractivity contribution < 1.29 is 4.79 Å². The lowest BCUT2D eigenvalue weighted by molar-refractivity contribution is -0.128. The summed E-state index contributed by atoms with van der Waals surface area (Å²) in [5.74, 6) is 1.42. The number of thioether (sulfide) groups is 1. The molecule has 1 rings (SSSR count). The number of carbonyl (C=O) groups excluding carboxylic acids is 1. The molecule has 0 saturated carbocycles.